The molecule has 1 fully saturated rings. The predicted molar refractivity (Wildman–Crippen MR) is 73.6 cm³/mol. The third kappa shape index (κ3) is 3.46. The zero-order chi connectivity index (χ0) is 13.0. The van der Waals surface area contributed by atoms with Crippen LogP contribution < -0.4 is 15.4 Å². The standard InChI is InChI=1S/C13H17BrN2O2/c1-18-12-6-10(14)3-2-9(12)7-15-11-4-5-13(17)16-8-11/h2-3,6,11,15H,4-5,7-8H2,1H3,(H,16,17)/t11-/m0/s1. The van der Waals surface area contributed by atoms with Crippen molar-refractivity contribution in [1.29, 1.82) is 0 Å². The van der Waals surface area contributed by atoms with E-state index < -0.39 is 0 Å². The van der Waals surface area contributed by atoms with Crippen molar-refractivity contribution in [3.05, 3.63) is 28.2 Å². The number of benzene rings is 1. The molecule has 0 bridgehead atoms. The van der Waals surface area contributed by atoms with Gasteiger partial charge in [0.1, 0.15) is 5.75 Å². The largest absolute Gasteiger partial charge is 0.496 e. The highest BCUT2D eigenvalue weighted by atomic mass is 79.9. The van der Waals surface area contributed by atoms with E-state index in [9.17, 15) is 4.79 Å². The second-order valence-electron chi connectivity index (χ2n) is 4.38. The van der Waals surface area contributed by atoms with E-state index in [1.807, 2.05) is 18.2 Å². The lowest BCUT2D eigenvalue weighted by atomic mass is 10.1. The summed E-state index contributed by atoms with van der Waals surface area (Å²) in [5.41, 5.74) is 1.12. The summed E-state index contributed by atoms with van der Waals surface area (Å²) in [6, 6.07) is 6.34. The minimum absolute atomic E-state index is 0.147. The monoisotopic (exact) mass is 312 g/mol. The number of rotatable bonds is 4. The summed E-state index contributed by atoms with van der Waals surface area (Å²) in [5, 5.41) is 6.31. The van der Waals surface area contributed by atoms with Gasteiger partial charge >= 0.3 is 0 Å². The third-order valence-corrected chi connectivity index (χ3v) is 3.59. The second-order valence-corrected chi connectivity index (χ2v) is 5.29. The number of carbonyl (C=O) groups is 1. The minimum atomic E-state index is 0.147. The van der Waals surface area contributed by atoms with E-state index in [4.69, 9.17) is 4.74 Å². The lowest BCUT2D eigenvalue weighted by Gasteiger charge is -2.24. The number of piperidine rings is 1. The summed E-state index contributed by atoms with van der Waals surface area (Å²) in [5.74, 6) is 1.02. The van der Waals surface area contributed by atoms with Crippen LogP contribution in [0.4, 0.5) is 0 Å². The van der Waals surface area contributed by atoms with Crippen molar-refractivity contribution in [2.45, 2.75) is 25.4 Å². The number of halogens is 1. The Bertz CT molecular complexity index is 427. The van der Waals surface area contributed by atoms with Gasteiger partial charge in [-0.1, -0.05) is 22.0 Å². The van der Waals surface area contributed by atoms with Crippen molar-refractivity contribution in [2.24, 2.45) is 0 Å². The molecule has 5 heteroatoms. The quantitative estimate of drug-likeness (QED) is 0.891. The van der Waals surface area contributed by atoms with Gasteiger partial charge in [-0.3, -0.25) is 4.79 Å². The molecule has 0 aromatic heterocycles. The molecule has 1 heterocycles. The number of ether oxygens (including phenoxy) is 1. The molecule has 1 aromatic rings. The number of nitrogens with one attached hydrogen (secondary N) is 2. The molecule has 0 radical (unpaired) electrons. The van der Waals surface area contributed by atoms with Crippen molar-refractivity contribution in [3.8, 4) is 5.75 Å². The van der Waals surface area contributed by atoms with E-state index in [0.717, 1.165) is 28.8 Å². The summed E-state index contributed by atoms with van der Waals surface area (Å²) in [6.45, 7) is 1.45. The summed E-state index contributed by atoms with van der Waals surface area (Å²) in [7, 11) is 1.67. The van der Waals surface area contributed by atoms with Crippen LogP contribution in [0.15, 0.2) is 22.7 Å². The molecule has 1 amide bonds. The van der Waals surface area contributed by atoms with E-state index in [2.05, 4.69) is 26.6 Å². The van der Waals surface area contributed by atoms with Gasteiger partial charge < -0.3 is 15.4 Å². The molecule has 2 N–H and O–H groups in total. The van der Waals surface area contributed by atoms with Crippen molar-refractivity contribution >= 4 is 21.8 Å². The smallest absolute Gasteiger partial charge is 0.220 e. The molecule has 0 spiro atoms. The molecular weight excluding hydrogens is 296 g/mol. The summed E-state index contributed by atoms with van der Waals surface area (Å²) < 4.78 is 6.35. The maximum absolute atomic E-state index is 11.1. The van der Waals surface area contributed by atoms with Gasteiger partial charge in [-0.25, -0.2) is 0 Å². The molecule has 98 valence electrons. The maximum atomic E-state index is 11.1. The Morgan fingerprint density at radius 3 is 3.06 bits per heavy atom. The van der Waals surface area contributed by atoms with Crippen LogP contribution in [-0.4, -0.2) is 25.6 Å². The lowest BCUT2D eigenvalue weighted by Crippen LogP contribution is -2.45. The fourth-order valence-electron chi connectivity index (χ4n) is 2.03. The van der Waals surface area contributed by atoms with Gasteiger partial charge in [0.2, 0.25) is 5.91 Å². The highest BCUT2D eigenvalue weighted by Crippen LogP contribution is 2.23. The summed E-state index contributed by atoms with van der Waals surface area (Å²) in [6.07, 6.45) is 1.50. The van der Waals surface area contributed by atoms with Gasteiger partial charge in [0, 0.05) is 35.6 Å². The van der Waals surface area contributed by atoms with E-state index in [0.29, 0.717) is 19.0 Å². The van der Waals surface area contributed by atoms with Crippen molar-refractivity contribution in [1.82, 2.24) is 10.6 Å². The van der Waals surface area contributed by atoms with Crippen LogP contribution in [0, 0.1) is 0 Å². The molecule has 0 saturated carbocycles. The number of amides is 1. The van der Waals surface area contributed by atoms with Crippen LogP contribution in [0.3, 0.4) is 0 Å². The molecule has 0 unspecified atom stereocenters. The average Bonchev–Trinajstić information content (AvgIpc) is 2.39. The van der Waals surface area contributed by atoms with Crippen LogP contribution in [-0.2, 0) is 11.3 Å². The molecule has 18 heavy (non-hydrogen) atoms. The van der Waals surface area contributed by atoms with Crippen LogP contribution in [0.5, 0.6) is 5.75 Å². The normalized spacial score (nSPS) is 19.4. The Hall–Kier alpha value is -1.07. The number of hydrogen-bond donors (Lipinski definition) is 2. The molecule has 1 aromatic carbocycles. The Kier molecular flexibility index (Phi) is 4.60. The number of carbonyl (C=O) groups excluding carboxylic acids is 1. The first-order valence-corrected chi connectivity index (χ1v) is 6.81. The van der Waals surface area contributed by atoms with Gasteiger partial charge in [0.25, 0.3) is 0 Å². The predicted octanol–water partition coefficient (Wildman–Crippen LogP) is 1.83. The Labute approximate surface area is 115 Å². The minimum Gasteiger partial charge on any atom is -0.496 e. The van der Waals surface area contributed by atoms with Crippen LogP contribution in [0.1, 0.15) is 18.4 Å². The molecule has 1 atom stereocenters. The lowest BCUT2D eigenvalue weighted by molar-refractivity contribution is -0.122. The number of methoxy groups -OCH3 is 1. The first-order valence-electron chi connectivity index (χ1n) is 6.01. The molecule has 1 saturated heterocycles. The van der Waals surface area contributed by atoms with E-state index in [-0.39, 0.29) is 5.91 Å². The zero-order valence-corrected chi connectivity index (χ0v) is 11.9. The van der Waals surface area contributed by atoms with Crippen LogP contribution >= 0.6 is 15.9 Å². The number of hydrogen-bond acceptors (Lipinski definition) is 3. The molecule has 4 nitrogen and oxygen atoms in total. The van der Waals surface area contributed by atoms with E-state index in [1.165, 1.54) is 0 Å². The van der Waals surface area contributed by atoms with Crippen molar-refractivity contribution in [3.63, 3.8) is 0 Å². The van der Waals surface area contributed by atoms with Gasteiger partial charge in [-0.15, -0.1) is 0 Å². The highest BCUT2D eigenvalue weighted by molar-refractivity contribution is 9.10. The first kappa shape index (κ1) is 13.4. The summed E-state index contributed by atoms with van der Waals surface area (Å²) in [4.78, 5) is 11.1. The Morgan fingerprint density at radius 2 is 2.39 bits per heavy atom. The van der Waals surface area contributed by atoms with Crippen LogP contribution in [0.2, 0.25) is 0 Å². The fourth-order valence-corrected chi connectivity index (χ4v) is 2.37. The zero-order valence-electron chi connectivity index (χ0n) is 10.3. The van der Waals surface area contributed by atoms with E-state index >= 15 is 0 Å². The van der Waals surface area contributed by atoms with E-state index in [1.54, 1.807) is 7.11 Å². The molecule has 1 aliphatic heterocycles. The van der Waals surface area contributed by atoms with Crippen molar-refractivity contribution in [2.75, 3.05) is 13.7 Å². The van der Waals surface area contributed by atoms with Crippen LogP contribution in [0.25, 0.3) is 0 Å². The van der Waals surface area contributed by atoms with Crippen molar-refractivity contribution < 1.29 is 9.53 Å². The third-order valence-electron chi connectivity index (χ3n) is 3.10. The maximum Gasteiger partial charge on any atom is 0.220 e. The molecule has 1 aliphatic rings. The molecule has 0 aliphatic carbocycles. The summed E-state index contributed by atoms with van der Waals surface area (Å²) >= 11 is 3.42. The van der Waals surface area contributed by atoms with Gasteiger partial charge in [-0.2, -0.15) is 0 Å². The Morgan fingerprint density at radius 1 is 1.56 bits per heavy atom. The SMILES string of the molecule is COc1cc(Br)ccc1CN[C@H]1CCC(=O)NC1. The first-order chi connectivity index (χ1) is 8.69. The Balaban J connectivity index is 1.91. The topological polar surface area (TPSA) is 50.4 Å². The molecule has 2 rings (SSSR count). The second kappa shape index (κ2) is 6.20. The average molecular weight is 313 g/mol. The highest BCUT2D eigenvalue weighted by Gasteiger charge is 2.17. The van der Waals surface area contributed by atoms with Gasteiger partial charge in [0.15, 0.2) is 0 Å². The van der Waals surface area contributed by atoms with Gasteiger partial charge in [-0.05, 0) is 18.6 Å². The van der Waals surface area contributed by atoms with Gasteiger partial charge in [0.05, 0.1) is 7.11 Å². The fraction of sp³-hybridized carbons (Fsp3) is 0.462. The molecular formula is C13H17BrN2O2.